The summed E-state index contributed by atoms with van der Waals surface area (Å²) in [5, 5.41) is 1.10. The quantitative estimate of drug-likeness (QED) is 0.184. The van der Waals surface area contributed by atoms with Crippen LogP contribution in [0.25, 0.3) is 21.9 Å². The van der Waals surface area contributed by atoms with E-state index in [1.54, 1.807) is 0 Å². The predicted molar refractivity (Wildman–Crippen MR) is 153 cm³/mol. The van der Waals surface area contributed by atoms with Gasteiger partial charge in [0.15, 0.2) is 0 Å². The lowest BCUT2D eigenvalue weighted by Gasteiger charge is -2.39. The Morgan fingerprint density at radius 2 is 1.78 bits per heavy atom. The molecule has 0 fully saturated rings. The number of H-pyrrole nitrogens is 1. The van der Waals surface area contributed by atoms with Gasteiger partial charge in [0.1, 0.15) is 28.4 Å². The summed E-state index contributed by atoms with van der Waals surface area (Å²) in [6, 6.07) is 6.53. The Morgan fingerprint density at radius 3 is 2.47 bits per heavy atom. The first-order valence-electron chi connectivity index (χ1n) is 13.9. The predicted octanol–water partition coefficient (Wildman–Crippen LogP) is 7.12. The second-order valence-electron chi connectivity index (χ2n) is 12.0. The molecule has 0 saturated heterocycles. The van der Waals surface area contributed by atoms with Gasteiger partial charge in [-0.2, -0.15) is 0 Å². The number of aromatic nitrogens is 3. The zero-order valence-electron chi connectivity index (χ0n) is 24.0. The molecule has 3 N–H and O–H groups in total. The number of ether oxygens (including phenoxy) is 1. The van der Waals surface area contributed by atoms with Crippen molar-refractivity contribution in [3.8, 4) is 0 Å². The van der Waals surface area contributed by atoms with Gasteiger partial charge < -0.3 is 15.5 Å². The number of nitrogens with zero attached hydrogens (tertiary/aromatic N) is 3. The Balaban J connectivity index is 1.54. The van der Waals surface area contributed by atoms with Crippen molar-refractivity contribution in [3.63, 3.8) is 0 Å². The van der Waals surface area contributed by atoms with Crippen LogP contribution >= 0.6 is 0 Å². The number of nitrogen functional groups attached to an aromatic ring is 1. The van der Waals surface area contributed by atoms with Crippen molar-refractivity contribution >= 4 is 27.8 Å². The van der Waals surface area contributed by atoms with Crippen molar-refractivity contribution in [2.75, 3.05) is 25.9 Å². The number of hydrogen-bond donors (Lipinski definition) is 2. The van der Waals surface area contributed by atoms with E-state index in [9.17, 15) is 0 Å². The van der Waals surface area contributed by atoms with Crippen molar-refractivity contribution in [1.29, 1.82) is 0 Å². The third-order valence-electron chi connectivity index (χ3n) is 8.07. The number of pyridine rings is 1. The molecule has 1 aromatic carbocycles. The first-order chi connectivity index (χ1) is 16.9. The van der Waals surface area contributed by atoms with E-state index in [2.05, 4.69) is 88.6 Å². The largest absolute Gasteiger partial charge is 0.382 e. The number of rotatable bonds is 14. The molecule has 0 spiro atoms. The summed E-state index contributed by atoms with van der Waals surface area (Å²) in [6.45, 7) is 17.5. The SMILES string of the molecule is CCCCc1nc2c([nH]1)c(N)nc1ccc(CCCCCN(C)C(C)(C)OCC(C)(C)C(C)C)cc12. The Morgan fingerprint density at radius 1 is 1.03 bits per heavy atom. The number of hydrogen-bond acceptors (Lipinski definition) is 5. The summed E-state index contributed by atoms with van der Waals surface area (Å²) in [6.07, 6.45) is 7.77. The monoisotopic (exact) mass is 495 g/mol. The van der Waals surface area contributed by atoms with Crippen molar-refractivity contribution in [1.82, 2.24) is 19.9 Å². The van der Waals surface area contributed by atoms with Crippen LogP contribution in [0, 0.1) is 11.3 Å². The van der Waals surface area contributed by atoms with Crippen molar-refractivity contribution in [2.45, 2.75) is 99.1 Å². The highest BCUT2D eigenvalue weighted by Gasteiger charge is 2.29. The lowest BCUT2D eigenvalue weighted by Crippen LogP contribution is -2.46. The highest BCUT2D eigenvalue weighted by Crippen LogP contribution is 2.30. The summed E-state index contributed by atoms with van der Waals surface area (Å²) in [5.41, 5.74) is 10.2. The molecule has 0 aliphatic heterocycles. The summed E-state index contributed by atoms with van der Waals surface area (Å²) in [4.78, 5) is 15.2. The van der Waals surface area contributed by atoms with Gasteiger partial charge in [0.25, 0.3) is 0 Å². The number of anilines is 1. The Labute approximate surface area is 218 Å². The van der Waals surface area contributed by atoms with Gasteiger partial charge in [0.2, 0.25) is 0 Å². The van der Waals surface area contributed by atoms with Gasteiger partial charge in [-0.3, -0.25) is 4.90 Å². The Kier molecular flexibility index (Phi) is 9.39. The van der Waals surface area contributed by atoms with E-state index in [1.807, 2.05) is 0 Å². The van der Waals surface area contributed by atoms with E-state index in [1.165, 1.54) is 12.0 Å². The van der Waals surface area contributed by atoms with Gasteiger partial charge >= 0.3 is 0 Å². The minimum atomic E-state index is -0.260. The first kappa shape index (κ1) is 28.4. The van der Waals surface area contributed by atoms with E-state index < -0.39 is 0 Å². The molecule has 0 unspecified atom stereocenters. The fraction of sp³-hybridized carbons (Fsp3) is 0.667. The minimum absolute atomic E-state index is 0.178. The van der Waals surface area contributed by atoms with Crippen LogP contribution < -0.4 is 5.73 Å². The molecule has 0 radical (unpaired) electrons. The van der Waals surface area contributed by atoms with Gasteiger partial charge in [-0.1, -0.05) is 53.5 Å². The van der Waals surface area contributed by atoms with E-state index >= 15 is 0 Å². The maximum absolute atomic E-state index is 6.35. The average Bonchev–Trinajstić information content (AvgIpc) is 3.27. The molecule has 0 saturated carbocycles. The number of aryl methyl sites for hydroxylation is 2. The molecule has 2 heterocycles. The number of imidazole rings is 1. The molecular formula is C30H49N5O. The van der Waals surface area contributed by atoms with Crippen LogP contribution in [0.15, 0.2) is 18.2 Å². The highest BCUT2D eigenvalue weighted by molar-refractivity contribution is 6.06. The van der Waals surface area contributed by atoms with Crippen LogP contribution in [0.2, 0.25) is 0 Å². The van der Waals surface area contributed by atoms with E-state index in [0.717, 1.165) is 79.4 Å². The molecule has 3 rings (SSSR count). The lowest BCUT2D eigenvalue weighted by atomic mass is 9.82. The molecule has 0 aliphatic carbocycles. The van der Waals surface area contributed by atoms with Crippen LogP contribution in [-0.2, 0) is 17.6 Å². The lowest BCUT2D eigenvalue weighted by molar-refractivity contribution is -0.147. The van der Waals surface area contributed by atoms with Gasteiger partial charge in [0, 0.05) is 18.4 Å². The highest BCUT2D eigenvalue weighted by atomic mass is 16.5. The van der Waals surface area contributed by atoms with Gasteiger partial charge in [-0.25, -0.2) is 9.97 Å². The Bertz CT molecular complexity index is 1130. The summed E-state index contributed by atoms with van der Waals surface area (Å²) < 4.78 is 6.35. The van der Waals surface area contributed by atoms with E-state index in [4.69, 9.17) is 15.5 Å². The maximum Gasteiger partial charge on any atom is 0.150 e. The third-order valence-corrected chi connectivity index (χ3v) is 8.07. The molecule has 6 nitrogen and oxygen atoms in total. The molecule has 0 bridgehead atoms. The van der Waals surface area contributed by atoms with E-state index in [-0.39, 0.29) is 11.1 Å². The van der Waals surface area contributed by atoms with Crippen molar-refractivity contribution in [2.24, 2.45) is 11.3 Å². The number of unbranched alkanes of at least 4 members (excludes halogenated alkanes) is 3. The zero-order valence-corrected chi connectivity index (χ0v) is 24.0. The molecule has 0 atom stereocenters. The molecule has 0 amide bonds. The van der Waals surface area contributed by atoms with Crippen LogP contribution in [-0.4, -0.2) is 45.8 Å². The molecule has 6 heteroatoms. The van der Waals surface area contributed by atoms with Crippen molar-refractivity contribution in [3.05, 3.63) is 29.6 Å². The fourth-order valence-electron chi connectivity index (χ4n) is 4.24. The fourth-order valence-corrected chi connectivity index (χ4v) is 4.24. The standard InChI is InChI=1S/C30H49N5O/c1-9-10-15-25-33-26-23-19-22(16-17-24(23)32-28(31)27(26)34-25)14-12-11-13-18-35(8)30(6,7)36-20-29(4,5)21(2)3/h16-17,19,21H,9-15,18,20H2,1-8H3,(H2,31,32)(H,33,34). The topological polar surface area (TPSA) is 80.1 Å². The molecule has 200 valence electrons. The molecular weight excluding hydrogens is 446 g/mol. The maximum atomic E-state index is 6.35. The number of nitrogens with one attached hydrogen (secondary N) is 1. The smallest absolute Gasteiger partial charge is 0.150 e. The normalized spacial score (nSPS) is 13.1. The summed E-state index contributed by atoms with van der Waals surface area (Å²) in [5.74, 6) is 2.13. The average molecular weight is 496 g/mol. The third kappa shape index (κ3) is 6.98. The molecule has 2 aromatic heterocycles. The second kappa shape index (κ2) is 11.9. The number of benzene rings is 1. The van der Waals surface area contributed by atoms with Gasteiger partial charge in [-0.05, 0) is 75.6 Å². The van der Waals surface area contributed by atoms with Crippen LogP contribution in [0.4, 0.5) is 5.82 Å². The minimum Gasteiger partial charge on any atom is -0.382 e. The van der Waals surface area contributed by atoms with E-state index in [0.29, 0.717) is 11.7 Å². The molecule has 36 heavy (non-hydrogen) atoms. The molecule has 3 aromatic rings. The molecule has 0 aliphatic rings. The Hall–Kier alpha value is -2.18. The van der Waals surface area contributed by atoms with Gasteiger partial charge in [-0.15, -0.1) is 0 Å². The number of fused-ring (bicyclic) bond motifs is 3. The van der Waals surface area contributed by atoms with Gasteiger partial charge in [0.05, 0.1) is 12.1 Å². The zero-order chi connectivity index (χ0) is 26.5. The first-order valence-corrected chi connectivity index (χ1v) is 13.9. The number of nitrogens with two attached hydrogens (primary N) is 1. The summed E-state index contributed by atoms with van der Waals surface area (Å²) >= 11 is 0. The van der Waals surface area contributed by atoms with Crippen molar-refractivity contribution < 1.29 is 4.74 Å². The second-order valence-corrected chi connectivity index (χ2v) is 12.0. The van der Waals surface area contributed by atoms with Crippen LogP contribution in [0.3, 0.4) is 0 Å². The van der Waals surface area contributed by atoms with Crippen LogP contribution in [0.5, 0.6) is 0 Å². The summed E-state index contributed by atoms with van der Waals surface area (Å²) in [7, 11) is 2.17. The van der Waals surface area contributed by atoms with Crippen LogP contribution in [0.1, 0.15) is 92.0 Å². The number of aromatic amines is 1.